The zero-order valence-electron chi connectivity index (χ0n) is 17.7. The van der Waals surface area contributed by atoms with Crippen LogP contribution in [0.1, 0.15) is 62.1 Å². The Labute approximate surface area is 167 Å². The number of anilines is 1. The van der Waals surface area contributed by atoms with E-state index in [1.807, 2.05) is 17.9 Å². The summed E-state index contributed by atoms with van der Waals surface area (Å²) in [6.45, 7) is 14.4. The molecule has 3 rings (SSSR count). The van der Waals surface area contributed by atoms with Crippen LogP contribution in [0.3, 0.4) is 0 Å². The van der Waals surface area contributed by atoms with Crippen molar-refractivity contribution in [2.75, 3.05) is 31.5 Å². The van der Waals surface area contributed by atoms with Gasteiger partial charge in [-0.15, -0.1) is 0 Å². The number of nitrogens with one attached hydrogen (secondary N) is 1. The molecule has 1 aliphatic heterocycles. The molecule has 152 valence electrons. The fourth-order valence-electron chi connectivity index (χ4n) is 3.70. The number of carbonyl (C=O) groups excluding carboxylic acids is 1. The molecule has 1 N–H and O–H groups in total. The first kappa shape index (κ1) is 20.4. The van der Waals surface area contributed by atoms with Crippen LogP contribution >= 0.6 is 0 Å². The minimum atomic E-state index is -0.00911. The van der Waals surface area contributed by atoms with Crippen LogP contribution in [-0.2, 0) is 6.54 Å². The van der Waals surface area contributed by atoms with Crippen LogP contribution in [0.4, 0.5) is 10.5 Å². The molecule has 0 radical (unpaired) electrons. The van der Waals surface area contributed by atoms with Crippen LogP contribution in [-0.4, -0.2) is 47.2 Å². The normalized spacial score (nSPS) is 15.5. The first-order chi connectivity index (χ1) is 13.3. The second-order valence-electron chi connectivity index (χ2n) is 8.25. The smallest absolute Gasteiger partial charge is 0.321 e. The quantitative estimate of drug-likeness (QED) is 0.820. The fourth-order valence-corrected chi connectivity index (χ4v) is 3.70. The van der Waals surface area contributed by atoms with Gasteiger partial charge < -0.3 is 14.7 Å². The van der Waals surface area contributed by atoms with Crippen LogP contribution < -0.4 is 5.32 Å². The molecule has 0 unspecified atom stereocenters. The van der Waals surface area contributed by atoms with E-state index in [1.54, 1.807) is 0 Å². The first-order valence-corrected chi connectivity index (χ1v) is 10.2. The van der Waals surface area contributed by atoms with E-state index < -0.39 is 0 Å². The van der Waals surface area contributed by atoms with E-state index in [-0.39, 0.29) is 6.03 Å². The number of hydrogen-bond acceptors (Lipinski definition) is 4. The number of hydrogen-bond donors (Lipinski definition) is 1. The summed E-state index contributed by atoms with van der Waals surface area (Å²) in [5.41, 5.74) is 4.27. The molecule has 0 aliphatic carbocycles. The van der Waals surface area contributed by atoms with Crippen molar-refractivity contribution >= 4 is 11.7 Å². The van der Waals surface area contributed by atoms with Gasteiger partial charge in [-0.3, -0.25) is 4.90 Å². The monoisotopic (exact) mass is 384 g/mol. The molecule has 1 aliphatic rings. The summed E-state index contributed by atoms with van der Waals surface area (Å²) in [7, 11) is 0. The fraction of sp³-hybridized carbons (Fsp3) is 0.545. The number of nitrogens with zero attached hydrogens (tertiary/aromatic N) is 3. The molecular weight excluding hydrogens is 352 g/mol. The highest BCUT2D eigenvalue weighted by Gasteiger charge is 2.24. The largest absolute Gasteiger partial charge is 0.360 e. The molecule has 1 fully saturated rings. The maximum absolute atomic E-state index is 13.0. The molecule has 28 heavy (non-hydrogen) atoms. The molecule has 0 saturated carbocycles. The van der Waals surface area contributed by atoms with Gasteiger partial charge in [0.05, 0.1) is 12.2 Å². The highest BCUT2D eigenvalue weighted by Crippen LogP contribution is 2.32. The van der Waals surface area contributed by atoms with Crippen molar-refractivity contribution in [1.29, 1.82) is 0 Å². The van der Waals surface area contributed by atoms with Crippen molar-refractivity contribution in [3.8, 4) is 0 Å². The molecule has 1 aromatic carbocycles. The third kappa shape index (κ3) is 4.73. The third-order valence-electron chi connectivity index (χ3n) is 5.32. The SMILES string of the molecule is Cc1cc(CN2CCN(C(=O)Nc3c(C(C)C)cccc3C(C)C)CC2)on1. The molecule has 6 heteroatoms. The number of benzene rings is 1. The van der Waals surface area contributed by atoms with Gasteiger partial charge in [-0.05, 0) is 29.9 Å². The van der Waals surface area contributed by atoms with E-state index in [9.17, 15) is 4.79 Å². The Morgan fingerprint density at radius 3 is 2.21 bits per heavy atom. The molecule has 0 bridgehead atoms. The summed E-state index contributed by atoms with van der Waals surface area (Å²) in [6, 6.07) is 8.28. The summed E-state index contributed by atoms with van der Waals surface area (Å²) in [5.74, 6) is 1.59. The van der Waals surface area contributed by atoms with Crippen molar-refractivity contribution in [3.05, 3.63) is 46.8 Å². The standard InChI is InChI=1S/C22H32N4O2/c1-15(2)19-7-6-8-20(16(3)4)21(19)23-22(27)26-11-9-25(10-12-26)14-18-13-17(5)24-28-18/h6-8,13,15-16H,9-12,14H2,1-5H3,(H,23,27). The highest BCUT2D eigenvalue weighted by molar-refractivity contribution is 5.91. The van der Waals surface area contributed by atoms with Crippen LogP contribution in [0.5, 0.6) is 0 Å². The predicted octanol–water partition coefficient (Wildman–Crippen LogP) is 4.58. The highest BCUT2D eigenvalue weighted by atomic mass is 16.5. The lowest BCUT2D eigenvalue weighted by Crippen LogP contribution is -2.49. The van der Waals surface area contributed by atoms with Gasteiger partial charge in [-0.1, -0.05) is 51.1 Å². The van der Waals surface area contributed by atoms with Crippen molar-refractivity contribution < 1.29 is 9.32 Å². The number of urea groups is 1. The molecule has 0 spiro atoms. The van der Waals surface area contributed by atoms with Crippen molar-refractivity contribution in [2.24, 2.45) is 0 Å². The van der Waals surface area contributed by atoms with E-state index >= 15 is 0 Å². The minimum Gasteiger partial charge on any atom is -0.360 e. The summed E-state index contributed by atoms with van der Waals surface area (Å²) >= 11 is 0. The van der Waals surface area contributed by atoms with E-state index in [0.29, 0.717) is 24.9 Å². The number of amides is 2. The van der Waals surface area contributed by atoms with Crippen LogP contribution in [0.25, 0.3) is 0 Å². The van der Waals surface area contributed by atoms with Gasteiger partial charge in [0.1, 0.15) is 0 Å². The Morgan fingerprint density at radius 2 is 1.71 bits per heavy atom. The second kappa shape index (κ2) is 8.78. The van der Waals surface area contributed by atoms with Gasteiger partial charge in [0, 0.05) is 37.9 Å². The Kier molecular flexibility index (Phi) is 6.39. The van der Waals surface area contributed by atoms with E-state index in [1.165, 1.54) is 11.1 Å². The number of aryl methyl sites for hydroxylation is 1. The molecular formula is C22H32N4O2. The zero-order chi connectivity index (χ0) is 20.3. The Morgan fingerprint density at radius 1 is 1.11 bits per heavy atom. The summed E-state index contributed by atoms with van der Waals surface area (Å²) in [4.78, 5) is 17.2. The molecule has 6 nitrogen and oxygen atoms in total. The van der Waals surface area contributed by atoms with Crippen molar-refractivity contribution in [1.82, 2.24) is 15.0 Å². The predicted molar refractivity (Wildman–Crippen MR) is 112 cm³/mol. The maximum Gasteiger partial charge on any atom is 0.321 e. The van der Waals surface area contributed by atoms with Crippen LogP contribution in [0.2, 0.25) is 0 Å². The topological polar surface area (TPSA) is 61.6 Å². The lowest BCUT2D eigenvalue weighted by Gasteiger charge is -2.34. The first-order valence-electron chi connectivity index (χ1n) is 10.2. The molecule has 1 saturated heterocycles. The number of rotatable bonds is 5. The lowest BCUT2D eigenvalue weighted by molar-refractivity contribution is 0.134. The van der Waals surface area contributed by atoms with E-state index in [4.69, 9.17) is 4.52 Å². The van der Waals surface area contributed by atoms with Gasteiger partial charge in [-0.2, -0.15) is 0 Å². The Hall–Kier alpha value is -2.34. The average molecular weight is 385 g/mol. The second-order valence-corrected chi connectivity index (χ2v) is 8.25. The summed E-state index contributed by atoms with van der Waals surface area (Å²) in [6.07, 6.45) is 0. The number of aromatic nitrogens is 1. The van der Waals surface area contributed by atoms with Gasteiger partial charge in [0.15, 0.2) is 5.76 Å². The van der Waals surface area contributed by atoms with Crippen molar-refractivity contribution in [2.45, 2.75) is 53.0 Å². The average Bonchev–Trinajstić information content (AvgIpc) is 3.06. The van der Waals surface area contributed by atoms with Gasteiger partial charge >= 0.3 is 6.03 Å². The molecule has 0 atom stereocenters. The zero-order valence-corrected chi connectivity index (χ0v) is 17.7. The molecule has 2 amide bonds. The van der Waals surface area contributed by atoms with Gasteiger partial charge in [0.2, 0.25) is 0 Å². The van der Waals surface area contributed by atoms with Crippen LogP contribution in [0.15, 0.2) is 28.8 Å². The summed E-state index contributed by atoms with van der Waals surface area (Å²) < 4.78 is 5.31. The molecule has 2 aromatic rings. The summed E-state index contributed by atoms with van der Waals surface area (Å²) in [5, 5.41) is 7.16. The van der Waals surface area contributed by atoms with Crippen LogP contribution in [0, 0.1) is 6.92 Å². The third-order valence-corrected chi connectivity index (χ3v) is 5.32. The number of piperazine rings is 1. The molecule has 1 aromatic heterocycles. The van der Waals surface area contributed by atoms with Gasteiger partial charge in [0.25, 0.3) is 0 Å². The Bertz CT molecular complexity index is 778. The van der Waals surface area contributed by atoms with E-state index in [2.05, 4.69) is 61.3 Å². The maximum atomic E-state index is 13.0. The number of para-hydroxylation sites is 1. The lowest BCUT2D eigenvalue weighted by atomic mass is 9.93. The van der Waals surface area contributed by atoms with Gasteiger partial charge in [-0.25, -0.2) is 4.79 Å². The van der Waals surface area contributed by atoms with Crippen molar-refractivity contribution in [3.63, 3.8) is 0 Å². The minimum absolute atomic E-state index is 0.00911. The Balaban J connectivity index is 1.63. The number of carbonyl (C=O) groups is 1. The molecule has 2 heterocycles. The van der Waals surface area contributed by atoms with E-state index in [0.717, 1.165) is 36.8 Å².